The lowest BCUT2D eigenvalue weighted by molar-refractivity contribution is -0.138. The first kappa shape index (κ1) is 21.0. The molecule has 0 aliphatic carbocycles. The van der Waals surface area contributed by atoms with Crippen molar-refractivity contribution in [3.8, 4) is 11.4 Å². The second kappa shape index (κ2) is 8.25. The number of oxime groups is 1. The minimum Gasteiger partial charge on any atom is -0.495 e. The van der Waals surface area contributed by atoms with Crippen LogP contribution < -0.4 is 4.74 Å². The molecular weight excluding hydrogens is 427 g/mol. The number of aliphatic hydroxyl groups is 1. The highest BCUT2D eigenvalue weighted by atomic mass is 19.1. The van der Waals surface area contributed by atoms with E-state index in [-0.39, 0.29) is 12.4 Å². The molecule has 3 heterocycles. The van der Waals surface area contributed by atoms with Crippen LogP contribution in [0.2, 0.25) is 0 Å². The molecule has 2 aliphatic heterocycles. The highest BCUT2D eigenvalue weighted by molar-refractivity contribution is 5.99. The van der Waals surface area contributed by atoms with Crippen molar-refractivity contribution < 1.29 is 23.8 Å². The number of fused-ring (bicyclic) bond motifs is 1. The van der Waals surface area contributed by atoms with Gasteiger partial charge in [-0.1, -0.05) is 5.16 Å². The number of aromatic nitrogens is 2. The zero-order chi connectivity index (χ0) is 23.0. The van der Waals surface area contributed by atoms with Crippen molar-refractivity contribution in [2.45, 2.75) is 12.6 Å². The molecule has 0 radical (unpaired) electrons. The van der Waals surface area contributed by atoms with Gasteiger partial charge >= 0.3 is 0 Å². The Hall–Kier alpha value is -3.85. The molecule has 0 bridgehead atoms. The summed E-state index contributed by atoms with van der Waals surface area (Å²) in [5, 5.41) is 14.5. The van der Waals surface area contributed by atoms with E-state index in [2.05, 4.69) is 10.1 Å². The third kappa shape index (κ3) is 3.60. The maximum Gasteiger partial charge on any atom is 0.260 e. The molecule has 0 amide bonds. The summed E-state index contributed by atoms with van der Waals surface area (Å²) in [5.74, 6) is 1.40. The van der Waals surface area contributed by atoms with Gasteiger partial charge in [0.2, 0.25) is 0 Å². The fourth-order valence-corrected chi connectivity index (χ4v) is 4.10. The Morgan fingerprint density at radius 2 is 2.03 bits per heavy atom. The Labute approximate surface area is 190 Å². The number of aryl methyl sites for hydroxylation is 1. The monoisotopic (exact) mass is 450 g/mol. The van der Waals surface area contributed by atoms with Crippen LogP contribution in [0.1, 0.15) is 16.8 Å². The standard InChI is InChI=1S/C24H23FN4O4/c1-16-13-28(15-26-16)20-8-3-17(11-22(20)31-2)21-12-23-27-33-24(14-30,29(23)9-10-32-21)18-4-6-19(25)7-5-18/h3-8,11-13,15,30H,9-10,14H2,1-2H3. The highest BCUT2D eigenvalue weighted by Crippen LogP contribution is 2.38. The number of halogens is 1. The molecule has 1 unspecified atom stereocenters. The molecule has 33 heavy (non-hydrogen) atoms. The van der Waals surface area contributed by atoms with Crippen molar-refractivity contribution >= 4 is 11.6 Å². The van der Waals surface area contributed by atoms with E-state index >= 15 is 0 Å². The Balaban J connectivity index is 1.48. The SMILES string of the molecule is COc1cc(C2=CC3=NOC(CO)(c4ccc(F)cc4)N3CCO2)ccc1-n1cnc(C)c1. The number of ether oxygens (including phenoxy) is 2. The van der Waals surface area contributed by atoms with Crippen molar-refractivity contribution in [1.82, 2.24) is 14.5 Å². The number of benzene rings is 2. The molecule has 2 aliphatic rings. The molecule has 1 N–H and O–H groups in total. The summed E-state index contributed by atoms with van der Waals surface area (Å²) in [4.78, 5) is 11.8. The largest absolute Gasteiger partial charge is 0.495 e. The van der Waals surface area contributed by atoms with Crippen LogP contribution in [0, 0.1) is 12.7 Å². The van der Waals surface area contributed by atoms with Crippen molar-refractivity contribution in [1.29, 1.82) is 0 Å². The zero-order valence-electron chi connectivity index (χ0n) is 18.2. The maximum absolute atomic E-state index is 13.4. The first-order valence-electron chi connectivity index (χ1n) is 10.5. The minimum atomic E-state index is -1.24. The van der Waals surface area contributed by atoms with Gasteiger partial charge in [0.25, 0.3) is 5.72 Å². The smallest absolute Gasteiger partial charge is 0.260 e. The predicted molar refractivity (Wildman–Crippen MR) is 119 cm³/mol. The zero-order valence-corrected chi connectivity index (χ0v) is 18.2. The minimum absolute atomic E-state index is 0.335. The van der Waals surface area contributed by atoms with Gasteiger partial charge in [0, 0.05) is 23.4 Å². The summed E-state index contributed by atoms with van der Waals surface area (Å²) in [7, 11) is 1.61. The summed E-state index contributed by atoms with van der Waals surface area (Å²) in [6, 6.07) is 11.6. The van der Waals surface area contributed by atoms with E-state index in [0.717, 1.165) is 16.9 Å². The van der Waals surface area contributed by atoms with Gasteiger partial charge in [0.05, 0.1) is 31.4 Å². The van der Waals surface area contributed by atoms with Crippen LogP contribution in [-0.4, -0.2) is 52.3 Å². The average Bonchev–Trinajstić information content (AvgIpc) is 3.35. The molecule has 0 fully saturated rings. The molecule has 3 aromatic rings. The number of imidazole rings is 1. The Kier molecular flexibility index (Phi) is 5.26. The summed E-state index contributed by atoms with van der Waals surface area (Å²) in [6.45, 7) is 2.32. The predicted octanol–water partition coefficient (Wildman–Crippen LogP) is 3.19. The maximum atomic E-state index is 13.4. The van der Waals surface area contributed by atoms with E-state index in [4.69, 9.17) is 14.3 Å². The number of nitrogens with zero attached hydrogens (tertiary/aromatic N) is 4. The Morgan fingerprint density at radius 3 is 2.73 bits per heavy atom. The van der Waals surface area contributed by atoms with Crippen LogP contribution in [0.3, 0.4) is 0 Å². The second-order valence-corrected chi connectivity index (χ2v) is 7.81. The van der Waals surface area contributed by atoms with Gasteiger partial charge in [-0.25, -0.2) is 9.37 Å². The summed E-state index contributed by atoms with van der Waals surface area (Å²) in [6.07, 6.45) is 5.43. The van der Waals surface area contributed by atoms with Gasteiger partial charge in [-0.15, -0.1) is 0 Å². The first-order chi connectivity index (χ1) is 16.0. The second-order valence-electron chi connectivity index (χ2n) is 7.81. The van der Waals surface area contributed by atoms with Gasteiger partial charge < -0.3 is 28.9 Å². The van der Waals surface area contributed by atoms with Crippen LogP contribution in [0.25, 0.3) is 11.4 Å². The van der Waals surface area contributed by atoms with Crippen LogP contribution in [-0.2, 0) is 15.3 Å². The molecular formula is C24H23FN4O4. The molecule has 2 aromatic carbocycles. The third-order valence-corrected chi connectivity index (χ3v) is 5.80. The van der Waals surface area contributed by atoms with Crippen LogP contribution in [0.5, 0.6) is 5.75 Å². The van der Waals surface area contributed by atoms with Crippen LogP contribution in [0.15, 0.2) is 66.2 Å². The Bertz CT molecular complexity index is 1240. The van der Waals surface area contributed by atoms with Crippen molar-refractivity contribution in [3.05, 3.63) is 83.7 Å². The average molecular weight is 450 g/mol. The molecule has 1 aromatic heterocycles. The van der Waals surface area contributed by atoms with Crippen molar-refractivity contribution in [3.63, 3.8) is 0 Å². The molecule has 0 saturated heterocycles. The molecule has 0 spiro atoms. The van der Waals surface area contributed by atoms with E-state index in [9.17, 15) is 9.50 Å². The van der Waals surface area contributed by atoms with E-state index in [1.807, 2.05) is 40.8 Å². The lowest BCUT2D eigenvalue weighted by atomic mass is 10.0. The summed E-state index contributed by atoms with van der Waals surface area (Å²) >= 11 is 0. The summed E-state index contributed by atoms with van der Waals surface area (Å²) < 4.78 is 27.0. The number of rotatable bonds is 5. The lowest BCUT2D eigenvalue weighted by Crippen LogP contribution is -2.49. The number of hydrogen-bond donors (Lipinski definition) is 1. The van der Waals surface area contributed by atoms with E-state index in [0.29, 0.717) is 36.1 Å². The van der Waals surface area contributed by atoms with Crippen LogP contribution >= 0.6 is 0 Å². The number of amidine groups is 1. The molecule has 8 nitrogen and oxygen atoms in total. The molecule has 1 atom stereocenters. The van der Waals surface area contributed by atoms with E-state index in [1.54, 1.807) is 31.6 Å². The van der Waals surface area contributed by atoms with Crippen molar-refractivity contribution in [2.24, 2.45) is 5.16 Å². The molecule has 9 heteroatoms. The van der Waals surface area contributed by atoms with Gasteiger partial charge in [-0.05, 0) is 49.4 Å². The molecule has 5 rings (SSSR count). The fourth-order valence-electron chi connectivity index (χ4n) is 4.10. The summed E-state index contributed by atoms with van der Waals surface area (Å²) in [5.41, 5.74) is 1.93. The number of methoxy groups -OCH3 is 1. The third-order valence-electron chi connectivity index (χ3n) is 5.80. The first-order valence-corrected chi connectivity index (χ1v) is 10.5. The molecule has 0 saturated carbocycles. The van der Waals surface area contributed by atoms with Gasteiger partial charge in [0.1, 0.15) is 30.5 Å². The van der Waals surface area contributed by atoms with Gasteiger partial charge in [-0.3, -0.25) is 0 Å². The quantitative estimate of drug-likeness (QED) is 0.643. The van der Waals surface area contributed by atoms with Gasteiger partial charge in [-0.2, -0.15) is 0 Å². The lowest BCUT2D eigenvalue weighted by Gasteiger charge is -2.35. The topological polar surface area (TPSA) is 81.3 Å². The fraction of sp³-hybridized carbons (Fsp3) is 0.250. The van der Waals surface area contributed by atoms with E-state index < -0.39 is 5.72 Å². The van der Waals surface area contributed by atoms with Gasteiger partial charge in [0.15, 0.2) is 5.84 Å². The number of hydrogen-bond acceptors (Lipinski definition) is 7. The molecule has 170 valence electrons. The van der Waals surface area contributed by atoms with Crippen molar-refractivity contribution in [2.75, 3.05) is 26.9 Å². The van der Waals surface area contributed by atoms with E-state index in [1.165, 1.54) is 12.1 Å². The number of aliphatic hydroxyl groups excluding tert-OH is 1. The van der Waals surface area contributed by atoms with Crippen LogP contribution in [0.4, 0.5) is 4.39 Å². The highest BCUT2D eigenvalue weighted by Gasteiger charge is 2.47. The Morgan fingerprint density at radius 1 is 1.21 bits per heavy atom. The normalized spacial score (nSPS) is 19.7.